The van der Waals surface area contributed by atoms with Crippen molar-refractivity contribution >= 4 is 33.3 Å². The summed E-state index contributed by atoms with van der Waals surface area (Å²) in [5.41, 5.74) is 5.71. The van der Waals surface area contributed by atoms with Crippen molar-refractivity contribution in [1.29, 1.82) is 0 Å². The minimum atomic E-state index is 0.862. The molecule has 0 saturated heterocycles. The number of aryl methyl sites for hydroxylation is 2. The van der Waals surface area contributed by atoms with Crippen LogP contribution in [0.4, 0.5) is 11.5 Å². The average Bonchev–Trinajstić information content (AvgIpc) is 2.68. The lowest BCUT2D eigenvalue weighted by Gasteiger charge is -2.15. The van der Waals surface area contributed by atoms with E-state index in [0.717, 1.165) is 40.5 Å². The fourth-order valence-electron chi connectivity index (χ4n) is 3.32. The highest BCUT2D eigenvalue weighted by Gasteiger charge is 2.09. The van der Waals surface area contributed by atoms with Gasteiger partial charge in [0.1, 0.15) is 5.82 Å². The molecule has 0 atom stereocenters. The molecule has 4 aromatic rings. The third kappa shape index (κ3) is 2.82. The van der Waals surface area contributed by atoms with Gasteiger partial charge in [-0.25, -0.2) is 4.98 Å². The van der Waals surface area contributed by atoms with Gasteiger partial charge in [-0.05, 0) is 42.2 Å². The number of para-hydroxylation sites is 1. The van der Waals surface area contributed by atoms with Gasteiger partial charge < -0.3 is 5.32 Å². The molecule has 2 aromatic heterocycles. The van der Waals surface area contributed by atoms with Crippen molar-refractivity contribution in [2.45, 2.75) is 26.7 Å². The van der Waals surface area contributed by atoms with Crippen LogP contribution < -0.4 is 5.32 Å². The summed E-state index contributed by atoms with van der Waals surface area (Å²) in [7, 11) is 0. The molecular weight excluding hydrogens is 306 g/mol. The Morgan fingerprint density at radius 3 is 2.16 bits per heavy atom. The summed E-state index contributed by atoms with van der Waals surface area (Å²) in [5, 5.41) is 5.78. The smallest absolute Gasteiger partial charge is 0.131 e. The van der Waals surface area contributed by atoms with Crippen LogP contribution in [-0.2, 0) is 12.8 Å². The SMILES string of the molecule is CCc1cccc(CC)c1Nc1ccc2ccc3cccnc3c2n1. The van der Waals surface area contributed by atoms with Crippen LogP contribution in [0.5, 0.6) is 0 Å². The van der Waals surface area contributed by atoms with Crippen molar-refractivity contribution in [2.24, 2.45) is 0 Å². The van der Waals surface area contributed by atoms with Gasteiger partial charge in [-0.15, -0.1) is 0 Å². The van der Waals surface area contributed by atoms with Crippen molar-refractivity contribution in [3.8, 4) is 0 Å². The molecular formula is C22H21N3. The summed E-state index contributed by atoms with van der Waals surface area (Å²) in [5.74, 6) is 0.862. The van der Waals surface area contributed by atoms with Gasteiger partial charge in [0.15, 0.2) is 0 Å². The second-order valence-corrected chi connectivity index (χ2v) is 6.19. The normalized spacial score (nSPS) is 11.1. The number of anilines is 2. The molecule has 4 rings (SSSR count). The van der Waals surface area contributed by atoms with E-state index in [4.69, 9.17) is 4.98 Å². The highest BCUT2D eigenvalue weighted by atomic mass is 15.0. The third-order valence-corrected chi connectivity index (χ3v) is 4.68. The Bertz CT molecular complexity index is 1030. The fourth-order valence-corrected chi connectivity index (χ4v) is 3.32. The van der Waals surface area contributed by atoms with Crippen LogP contribution in [0.2, 0.25) is 0 Å². The molecule has 0 aliphatic rings. The van der Waals surface area contributed by atoms with Crippen molar-refractivity contribution in [3.63, 3.8) is 0 Å². The second kappa shape index (κ2) is 6.52. The molecule has 1 N–H and O–H groups in total. The Balaban J connectivity index is 1.84. The monoisotopic (exact) mass is 327 g/mol. The first-order chi connectivity index (χ1) is 12.3. The highest BCUT2D eigenvalue weighted by Crippen LogP contribution is 2.28. The molecule has 2 aromatic carbocycles. The number of nitrogens with one attached hydrogen (secondary N) is 1. The van der Waals surface area contributed by atoms with Crippen molar-refractivity contribution in [1.82, 2.24) is 9.97 Å². The van der Waals surface area contributed by atoms with Crippen LogP contribution in [0, 0.1) is 0 Å². The first-order valence-corrected chi connectivity index (χ1v) is 8.82. The predicted octanol–water partition coefficient (Wildman–Crippen LogP) is 5.65. The fraction of sp³-hybridized carbons (Fsp3) is 0.182. The standard InChI is InChI=1S/C22H21N3/c1-3-15-7-5-8-16(4-2)20(15)24-19-13-12-18-11-10-17-9-6-14-23-21(17)22(18)25-19/h5-14H,3-4H2,1-2H3,(H,24,25). The molecule has 2 heterocycles. The highest BCUT2D eigenvalue weighted by molar-refractivity contribution is 6.03. The molecule has 0 saturated carbocycles. The van der Waals surface area contributed by atoms with Crippen LogP contribution in [0.3, 0.4) is 0 Å². The number of nitrogens with zero attached hydrogens (tertiary/aromatic N) is 2. The number of benzene rings is 2. The quantitative estimate of drug-likeness (QED) is 0.492. The van der Waals surface area contributed by atoms with Crippen molar-refractivity contribution < 1.29 is 0 Å². The summed E-state index contributed by atoms with van der Waals surface area (Å²) >= 11 is 0. The van der Waals surface area contributed by atoms with Crippen molar-refractivity contribution in [2.75, 3.05) is 5.32 Å². The first-order valence-electron chi connectivity index (χ1n) is 8.82. The molecule has 0 bridgehead atoms. The number of hydrogen-bond donors (Lipinski definition) is 1. The molecule has 124 valence electrons. The Morgan fingerprint density at radius 1 is 0.760 bits per heavy atom. The Morgan fingerprint density at radius 2 is 1.44 bits per heavy atom. The Kier molecular flexibility index (Phi) is 4.06. The van der Waals surface area contributed by atoms with E-state index in [1.807, 2.05) is 18.3 Å². The van der Waals surface area contributed by atoms with Crippen LogP contribution in [0.25, 0.3) is 21.8 Å². The lowest BCUT2D eigenvalue weighted by atomic mass is 10.0. The zero-order valence-electron chi connectivity index (χ0n) is 14.6. The molecule has 0 aliphatic carbocycles. The maximum Gasteiger partial charge on any atom is 0.131 e. The van der Waals surface area contributed by atoms with Crippen LogP contribution in [-0.4, -0.2) is 9.97 Å². The molecule has 0 unspecified atom stereocenters. The van der Waals surface area contributed by atoms with Gasteiger partial charge in [0.05, 0.1) is 11.0 Å². The van der Waals surface area contributed by atoms with E-state index in [1.165, 1.54) is 16.8 Å². The maximum atomic E-state index is 4.88. The van der Waals surface area contributed by atoms with E-state index in [-0.39, 0.29) is 0 Å². The minimum absolute atomic E-state index is 0.862. The Hall–Kier alpha value is -2.94. The van der Waals surface area contributed by atoms with E-state index in [1.54, 1.807) is 0 Å². The lowest BCUT2D eigenvalue weighted by Crippen LogP contribution is -2.01. The number of hydrogen-bond acceptors (Lipinski definition) is 3. The number of pyridine rings is 2. The molecule has 3 nitrogen and oxygen atoms in total. The van der Waals surface area contributed by atoms with E-state index in [2.05, 4.69) is 66.6 Å². The molecule has 0 amide bonds. The summed E-state index contributed by atoms with van der Waals surface area (Å²) < 4.78 is 0. The summed E-state index contributed by atoms with van der Waals surface area (Å²) in [6.45, 7) is 4.37. The lowest BCUT2D eigenvalue weighted by molar-refractivity contribution is 1.09. The van der Waals surface area contributed by atoms with Gasteiger partial charge >= 0.3 is 0 Å². The molecule has 3 heteroatoms. The number of fused-ring (bicyclic) bond motifs is 3. The first kappa shape index (κ1) is 15.6. The zero-order chi connectivity index (χ0) is 17.2. The zero-order valence-corrected chi connectivity index (χ0v) is 14.6. The molecule has 25 heavy (non-hydrogen) atoms. The average molecular weight is 327 g/mol. The minimum Gasteiger partial charge on any atom is -0.340 e. The second-order valence-electron chi connectivity index (χ2n) is 6.19. The largest absolute Gasteiger partial charge is 0.340 e. The van der Waals surface area contributed by atoms with Crippen LogP contribution >= 0.6 is 0 Å². The number of aromatic nitrogens is 2. The van der Waals surface area contributed by atoms with Gasteiger partial charge in [0.2, 0.25) is 0 Å². The van der Waals surface area contributed by atoms with Gasteiger partial charge in [0, 0.05) is 22.7 Å². The van der Waals surface area contributed by atoms with Crippen LogP contribution in [0.15, 0.2) is 60.8 Å². The van der Waals surface area contributed by atoms with Gasteiger partial charge in [0.25, 0.3) is 0 Å². The van der Waals surface area contributed by atoms with Gasteiger partial charge in [-0.2, -0.15) is 0 Å². The number of rotatable bonds is 4. The van der Waals surface area contributed by atoms with E-state index in [9.17, 15) is 0 Å². The van der Waals surface area contributed by atoms with E-state index >= 15 is 0 Å². The van der Waals surface area contributed by atoms with E-state index in [0.29, 0.717) is 0 Å². The van der Waals surface area contributed by atoms with Crippen molar-refractivity contribution in [3.05, 3.63) is 71.9 Å². The molecule has 0 fully saturated rings. The van der Waals surface area contributed by atoms with Gasteiger partial charge in [-0.1, -0.05) is 50.2 Å². The van der Waals surface area contributed by atoms with Crippen LogP contribution in [0.1, 0.15) is 25.0 Å². The Labute approximate surface area is 147 Å². The van der Waals surface area contributed by atoms with Gasteiger partial charge in [-0.3, -0.25) is 4.98 Å². The van der Waals surface area contributed by atoms with E-state index < -0.39 is 0 Å². The maximum absolute atomic E-state index is 4.88. The third-order valence-electron chi connectivity index (χ3n) is 4.68. The summed E-state index contributed by atoms with van der Waals surface area (Å²) in [6.07, 6.45) is 3.81. The molecule has 0 aliphatic heterocycles. The topological polar surface area (TPSA) is 37.8 Å². The summed E-state index contributed by atoms with van der Waals surface area (Å²) in [4.78, 5) is 9.41. The predicted molar refractivity (Wildman–Crippen MR) is 106 cm³/mol. The molecule has 0 radical (unpaired) electrons. The summed E-state index contributed by atoms with van der Waals surface area (Å²) in [6, 6.07) is 18.9. The molecule has 0 spiro atoms.